The molecule has 0 spiro atoms. The number of carbonyl (C=O) groups excluding carboxylic acids is 1. The number of nitrogens with one attached hydrogen (secondary N) is 3. The van der Waals surface area contributed by atoms with E-state index in [1.165, 1.54) is 7.11 Å². The number of carbonyl (C=O) groups is 1. The summed E-state index contributed by atoms with van der Waals surface area (Å²) in [6, 6.07) is 13.9. The van der Waals surface area contributed by atoms with Crippen LogP contribution in [0.2, 0.25) is 5.02 Å². The fourth-order valence-corrected chi connectivity index (χ4v) is 3.34. The standard InChI is InChI=1S/C23H27ClN6O2/c1-5-30(6-2)22-14-21(25-15(3)26-22)27-17-8-10-18(11-9-17)28-23(31)29-19-13-16(24)7-12-20(19)32-4/h7-14H,5-6H2,1-4H3,(H,25,26,27)(H2,28,29,31). The number of ether oxygens (including phenoxy) is 1. The highest BCUT2D eigenvalue weighted by Gasteiger charge is 2.10. The van der Waals surface area contributed by atoms with E-state index in [2.05, 4.69) is 44.7 Å². The van der Waals surface area contributed by atoms with Gasteiger partial charge in [-0.15, -0.1) is 0 Å². The summed E-state index contributed by atoms with van der Waals surface area (Å²) in [5.74, 6) is 2.82. The maximum absolute atomic E-state index is 12.4. The Morgan fingerprint density at radius 3 is 2.34 bits per heavy atom. The molecule has 1 aromatic heterocycles. The summed E-state index contributed by atoms with van der Waals surface area (Å²) < 4.78 is 5.25. The van der Waals surface area contributed by atoms with Crippen LogP contribution >= 0.6 is 11.6 Å². The molecular weight excluding hydrogens is 428 g/mol. The van der Waals surface area contributed by atoms with Crippen LogP contribution in [0, 0.1) is 6.92 Å². The number of hydrogen-bond donors (Lipinski definition) is 3. The number of aromatic nitrogens is 2. The lowest BCUT2D eigenvalue weighted by Crippen LogP contribution is -2.23. The van der Waals surface area contributed by atoms with Gasteiger partial charge in [0.15, 0.2) is 0 Å². The first kappa shape index (κ1) is 23.1. The van der Waals surface area contributed by atoms with E-state index in [4.69, 9.17) is 16.3 Å². The number of urea groups is 1. The Morgan fingerprint density at radius 1 is 1.00 bits per heavy atom. The van der Waals surface area contributed by atoms with Crippen LogP contribution in [0.5, 0.6) is 5.75 Å². The predicted octanol–water partition coefficient (Wildman–Crippen LogP) is 5.68. The summed E-state index contributed by atoms with van der Waals surface area (Å²) in [5, 5.41) is 9.33. The molecule has 0 aliphatic carbocycles. The second-order valence-electron chi connectivity index (χ2n) is 6.96. The van der Waals surface area contributed by atoms with Gasteiger partial charge >= 0.3 is 6.03 Å². The highest BCUT2D eigenvalue weighted by Crippen LogP contribution is 2.28. The van der Waals surface area contributed by atoms with Crippen LogP contribution in [0.4, 0.5) is 33.5 Å². The van der Waals surface area contributed by atoms with Gasteiger partial charge in [-0.25, -0.2) is 14.8 Å². The molecule has 3 N–H and O–H groups in total. The number of methoxy groups -OCH3 is 1. The van der Waals surface area contributed by atoms with Crippen molar-refractivity contribution in [2.45, 2.75) is 20.8 Å². The maximum Gasteiger partial charge on any atom is 0.323 e. The first-order valence-corrected chi connectivity index (χ1v) is 10.7. The van der Waals surface area contributed by atoms with Crippen LogP contribution in [0.1, 0.15) is 19.7 Å². The topological polar surface area (TPSA) is 91.4 Å². The summed E-state index contributed by atoms with van der Waals surface area (Å²) in [7, 11) is 1.53. The van der Waals surface area contributed by atoms with Crippen LogP contribution in [-0.4, -0.2) is 36.2 Å². The van der Waals surface area contributed by atoms with Crippen molar-refractivity contribution < 1.29 is 9.53 Å². The Hall–Kier alpha value is -3.52. The quantitative estimate of drug-likeness (QED) is 0.405. The molecule has 1 heterocycles. The zero-order valence-corrected chi connectivity index (χ0v) is 19.3. The van der Waals surface area contributed by atoms with Gasteiger partial charge in [0.05, 0.1) is 12.8 Å². The molecule has 32 heavy (non-hydrogen) atoms. The van der Waals surface area contributed by atoms with Gasteiger partial charge in [0.2, 0.25) is 0 Å². The summed E-state index contributed by atoms with van der Waals surface area (Å²) in [5.41, 5.74) is 1.96. The predicted molar refractivity (Wildman–Crippen MR) is 131 cm³/mol. The fourth-order valence-electron chi connectivity index (χ4n) is 3.17. The molecule has 168 valence electrons. The molecule has 9 heteroatoms. The van der Waals surface area contributed by atoms with Crippen molar-refractivity contribution in [3.8, 4) is 5.75 Å². The number of nitrogens with zero attached hydrogens (tertiary/aromatic N) is 3. The van der Waals surface area contributed by atoms with Crippen molar-refractivity contribution in [3.05, 3.63) is 59.4 Å². The minimum absolute atomic E-state index is 0.401. The number of amides is 2. The van der Waals surface area contributed by atoms with Crippen LogP contribution < -0.4 is 25.6 Å². The Morgan fingerprint density at radius 2 is 1.69 bits per heavy atom. The minimum atomic E-state index is -0.401. The number of hydrogen-bond acceptors (Lipinski definition) is 6. The van der Waals surface area contributed by atoms with E-state index in [9.17, 15) is 4.79 Å². The molecule has 8 nitrogen and oxygen atoms in total. The largest absolute Gasteiger partial charge is 0.495 e. The van der Waals surface area contributed by atoms with Gasteiger partial charge in [-0.05, 0) is 63.2 Å². The summed E-state index contributed by atoms with van der Waals surface area (Å²) >= 11 is 6.01. The summed E-state index contributed by atoms with van der Waals surface area (Å²) in [6.07, 6.45) is 0. The van der Waals surface area contributed by atoms with Gasteiger partial charge in [-0.1, -0.05) is 11.6 Å². The monoisotopic (exact) mass is 454 g/mol. The molecule has 0 bridgehead atoms. The van der Waals surface area contributed by atoms with E-state index < -0.39 is 6.03 Å². The molecule has 3 rings (SSSR count). The lowest BCUT2D eigenvalue weighted by atomic mass is 10.2. The SMILES string of the molecule is CCN(CC)c1cc(Nc2ccc(NC(=O)Nc3cc(Cl)ccc3OC)cc2)nc(C)n1. The molecule has 0 fully saturated rings. The summed E-state index contributed by atoms with van der Waals surface area (Å²) in [6.45, 7) is 7.81. The number of halogens is 1. The molecule has 0 aliphatic heterocycles. The Kier molecular flexibility index (Phi) is 7.72. The van der Waals surface area contributed by atoms with Crippen LogP contribution in [0.3, 0.4) is 0 Å². The summed E-state index contributed by atoms with van der Waals surface area (Å²) in [4.78, 5) is 23.5. The average molecular weight is 455 g/mol. The average Bonchev–Trinajstić information content (AvgIpc) is 2.76. The molecule has 0 unspecified atom stereocenters. The zero-order valence-electron chi connectivity index (χ0n) is 18.6. The first-order valence-electron chi connectivity index (χ1n) is 10.3. The molecule has 0 aliphatic rings. The number of rotatable bonds is 8. The number of aryl methyl sites for hydroxylation is 1. The second-order valence-corrected chi connectivity index (χ2v) is 7.39. The third-order valence-electron chi connectivity index (χ3n) is 4.74. The van der Waals surface area contributed by atoms with Crippen molar-refractivity contribution in [3.63, 3.8) is 0 Å². The molecule has 0 radical (unpaired) electrons. The van der Waals surface area contributed by atoms with Crippen molar-refractivity contribution >= 4 is 46.3 Å². The van der Waals surface area contributed by atoms with Crippen LogP contribution in [0.25, 0.3) is 0 Å². The van der Waals surface area contributed by atoms with Gasteiger partial charge in [-0.2, -0.15) is 0 Å². The van der Waals surface area contributed by atoms with Gasteiger partial charge in [-0.3, -0.25) is 0 Å². The van der Waals surface area contributed by atoms with E-state index in [1.54, 1.807) is 30.3 Å². The lowest BCUT2D eigenvalue weighted by molar-refractivity contribution is 0.262. The molecule has 0 atom stereocenters. The zero-order chi connectivity index (χ0) is 23.1. The van der Waals surface area contributed by atoms with Crippen LogP contribution in [-0.2, 0) is 0 Å². The third kappa shape index (κ3) is 6.01. The first-order chi connectivity index (χ1) is 15.4. The molecule has 2 amide bonds. The highest BCUT2D eigenvalue weighted by atomic mass is 35.5. The van der Waals surface area contributed by atoms with Crippen LogP contribution in [0.15, 0.2) is 48.5 Å². The maximum atomic E-state index is 12.4. The minimum Gasteiger partial charge on any atom is -0.495 e. The molecule has 3 aromatic rings. The fraction of sp³-hybridized carbons (Fsp3) is 0.261. The number of anilines is 5. The van der Waals surface area contributed by atoms with Crippen molar-refractivity contribution in [1.82, 2.24) is 9.97 Å². The molecule has 0 saturated heterocycles. The van der Waals surface area contributed by atoms with Crippen molar-refractivity contribution in [2.24, 2.45) is 0 Å². The van der Waals surface area contributed by atoms with Gasteiger partial charge in [0.1, 0.15) is 23.2 Å². The molecule has 2 aromatic carbocycles. The highest BCUT2D eigenvalue weighted by molar-refractivity contribution is 6.31. The van der Waals surface area contributed by atoms with Gasteiger partial charge < -0.3 is 25.6 Å². The van der Waals surface area contributed by atoms with Crippen molar-refractivity contribution in [1.29, 1.82) is 0 Å². The smallest absolute Gasteiger partial charge is 0.323 e. The molecular formula is C23H27ClN6O2. The second kappa shape index (κ2) is 10.7. The Labute approximate surface area is 193 Å². The van der Waals surface area contributed by atoms with E-state index in [0.29, 0.717) is 33.8 Å². The van der Waals surface area contributed by atoms with E-state index in [1.807, 2.05) is 25.1 Å². The van der Waals surface area contributed by atoms with Gasteiger partial charge in [0, 0.05) is 35.6 Å². The van der Waals surface area contributed by atoms with Gasteiger partial charge in [0.25, 0.3) is 0 Å². The lowest BCUT2D eigenvalue weighted by Gasteiger charge is -2.20. The van der Waals surface area contributed by atoms with E-state index >= 15 is 0 Å². The molecule has 0 saturated carbocycles. The number of benzene rings is 2. The Balaban J connectivity index is 1.66. The normalized spacial score (nSPS) is 10.4. The van der Waals surface area contributed by atoms with E-state index in [0.717, 1.165) is 24.6 Å². The Bertz CT molecular complexity index is 1070. The third-order valence-corrected chi connectivity index (χ3v) is 4.97. The van der Waals surface area contributed by atoms with E-state index in [-0.39, 0.29) is 0 Å². The van der Waals surface area contributed by atoms with Crippen molar-refractivity contribution in [2.75, 3.05) is 41.0 Å².